The molecule has 2 amide bonds. The molecule has 30 heavy (non-hydrogen) atoms. The van der Waals surface area contributed by atoms with Crippen LogP contribution in [0.3, 0.4) is 0 Å². The molecule has 1 aromatic carbocycles. The molecule has 2 aromatic rings. The molecule has 160 valence electrons. The van der Waals surface area contributed by atoms with Crippen molar-refractivity contribution in [2.24, 2.45) is 5.92 Å². The smallest absolute Gasteiger partial charge is 0.242 e. The fraction of sp³-hybridized carbons (Fsp3) is 0.478. The standard InChI is InChI=1S/C23H27FN2O3S/c1-15(2)23(28)26(16-7-8-16)13-22(27)25-11-9-21-17(10-12-30-21)19(25)14-29-20-6-4-3-5-18(20)24/h3-6,10,12,15-16,19H,7-9,11,13-14H2,1-2H3/t19-/m0/s1. The minimum absolute atomic E-state index is 0.0261. The molecule has 1 aromatic heterocycles. The lowest BCUT2D eigenvalue weighted by Gasteiger charge is -2.37. The van der Waals surface area contributed by atoms with Gasteiger partial charge in [0, 0.05) is 23.4 Å². The second-order valence-corrected chi connectivity index (χ2v) is 9.25. The summed E-state index contributed by atoms with van der Waals surface area (Å²) in [7, 11) is 0. The zero-order valence-corrected chi connectivity index (χ0v) is 18.2. The van der Waals surface area contributed by atoms with Crippen LogP contribution in [0.1, 0.15) is 43.2 Å². The number of carbonyl (C=O) groups excluding carboxylic acids is 2. The molecule has 1 fully saturated rings. The summed E-state index contributed by atoms with van der Waals surface area (Å²) < 4.78 is 19.8. The van der Waals surface area contributed by atoms with Crippen LogP contribution in [0.15, 0.2) is 35.7 Å². The van der Waals surface area contributed by atoms with Crippen LogP contribution in [-0.4, -0.2) is 47.4 Å². The van der Waals surface area contributed by atoms with Crippen molar-refractivity contribution in [1.29, 1.82) is 0 Å². The Bertz CT molecular complexity index is 925. The third-order valence-electron chi connectivity index (χ3n) is 5.72. The predicted molar refractivity (Wildman–Crippen MR) is 114 cm³/mol. The molecule has 5 nitrogen and oxygen atoms in total. The Morgan fingerprint density at radius 2 is 2.03 bits per heavy atom. The summed E-state index contributed by atoms with van der Waals surface area (Å²) in [4.78, 5) is 30.7. The minimum atomic E-state index is -0.417. The van der Waals surface area contributed by atoms with Gasteiger partial charge in [-0.1, -0.05) is 26.0 Å². The van der Waals surface area contributed by atoms with Crippen molar-refractivity contribution in [3.05, 3.63) is 52.0 Å². The topological polar surface area (TPSA) is 49.9 Å². The van der Waals surface area contributed by atoms with Gasteiger partial charge in [-0.15, -0.1) is 11.3 Å². The number of benzene rings is 1. The Hall–Kier alpha value is -2.41. The number of ether oxygens (including phenoxy) is 1. The Morgan fingerprint density at radius 3 is 2.73 bits per heavy atom. The van der Waals surface area contributed by atoms with Crippen LogP contribution >= 0.6 is 11.3 Å². The third kappa shape index (κ3) is 4.36. The van der Waals surface area contributed by atoms with Gasteiger partial charge >= 0.3 is 0 Å². The van der Waals surface area contributed by atoms with E-state index in [9.17, 15) is 14.0 Å². The summed E-state index contributed by atoms with van der Waals surface area (Å²) >= 11 is 1.67. The van der Waals surface area contributed by atoms with Crippen molar-refractivity contribution in [3.8, 4) is 5.75 Å². The lowest BCUT2D eigenvalue weighted by molar-refractivity contribution is -0.144. The van der Waals surface area contributed by atoms with E-state index in [0.717, 1.165) is 24.8 Å². The van der Waals surface area contributed by atoms with Gasteiger partial charge in [0.1, 0.15) is 13.2 Å². The molecule has 0 saturated heterocycles. The number of thiophene rings is 1. The molecule has 1 atom stereocenters. The Labute approximate surface area is 180 Å². The summed E-state index contributed by atoms with van der Waals surface area (Å²) in [5, 5.41) is 2.02. The number of nitrogens with zero attached hydrogens (tertiary/aromatic N) is 2. The molecule has 1 aliphatic carbocycles. The van der Waals surface area contributed by atoms with Crippen molar-refractivity contribution >= 4 is 23.2 Å². The Balaban J connectivity index is 1.52. The molecular formula is C23H27FN2O3S. The molecule has 0 bridgehead atoms. The zero-order valence-electron chi connectivity index (χ0n) is 17.3. The molecule has 2 aliphatic rings. The largest absolute Gasteiger partial charge is 0.488 e. The van der Waals surface area contributed by atoms with Gasteiger partial charge in [0.05, 0.1) is 6.04 Å². The van der Waals surface area contributed by atoms with Gasteiger partial charge in [-0.3, -0.25) is 9.59 Å². The van der Waals surface area contributed by atoms with Crippen molar-refractivity contribution in [2.75, 3.05) is 19.7 Å². The monoisotopic (exact) mass is 430 g/mol. The molecular weight excluding hydrogens is 403 g/mol. The normalized spacial score (nSPS) is 18.3. The predicted octanol–water partition coefficient (Wildman–Crippen LogP) is 4.04. The van der Waals surface area contributed by atoms with Crippen LogP contribution in [0, 0.1) is 11.7 Å². The molecule has 0 unspecified atom stereocenters. The first kappa shape index (κ1) is 20.8. The van der Waals surface area contributed by atoms with Crippen LogP contribution in [0.4, 0.5) is 4.39 Å². The average molecular weight is 431 g/mol. The van der Waals surface area contributed by atoms with Gasteiger partial charge in [0.2, 0.25) is 11.8 Å². The van der Waals surface area contributed by atoms with Crippen LogP contribution in [0.25, 0.3) is 0 Å². The van der Waals surface area contributed by atoms with Gasteiger partial charge < -0.3 is 14.5 Å². The SMILES string of the molecule is CC(C)C(=O)N(CC(=O)N1CCc2sccc2[C@@H]1COc1ccccc1F)C1CC1. The van der Waals surface area contributed by atoms with E-state index in [-0.39, 0.29) is 48.7 Å². The molecule has 1 aliphatic heterocycles. The molecule has 1 saturated carbocycles. The Morgan fingerprint density at radius 1 is 1.27 bits per heavy atom. The van der Waals surface area contributed by atoms with E-state index in [1.807, 2.05) is 25.3 Å². The number of rotatable bonds is 7. The molecule has 7 heteroatoms. The van der Waals surface area contributed by atoms with Crippen LogP contribution in [0.2, 0.25) is 0 Å². The van der Waals surface area contributed by atoms with Gasteiger partial charge in [0.15, 0.2) is 11.6 Å². The van der Waals surface area contributed by atoms with E-state index in [1.165, 1.54) is 10.9 Å². The van der Waals surface area contributed by atoms with Crippen molar-refractivity contribution in [2.45, 2.75) is 45.2 Å². The van der Waals surface area contributed by atoms with E-state index in [0.29, 0.717) is 6.54 Å². The zero-order chi connectivity index (χ0) is 21.3. The van der Waals surface area contributed by atoms with Gasteiger partial charge in [-0.25, -0.2) is 4.39 Å². The first-order valence-corrected chi connectivity index (χ1v) is 11.4. The number of halogens is 1. The van der Waals surface area contributed by atoms with Crippen LogP contribution in [-0.2, 0) is 16.0 Å². The van der Waals surface area contributed by atoms with Crippen molar-refractivity contribution in [3.63, 3.8) is 0 Å². The van der Waals surface area contributed by atoms with Crippen LogP contribution in [0.5, 0.6) is 5.75 Å². The number of para-hydroxylation sites is 1. The highest BCUT2D eigenvalue weighted by Crippen LogP contribution is 2.35. The number of amides is 2. The number of fused-ring (bicyclic) bond motifs is 1. The summed E-state index contributed by atoms with van der Waals surface area (Å²) in [6.45, 7) is 4.58. The second kappa shape index (κ2) is 8.76. The van der Waals surface area contributed by atoms with Crippen molar-refractivity contribution < 1.29 is 18.7 Å². The molecule has 0 spiro atoms. The molecule has 4 rings (SSSR count). The van der Waals surface area contributed by atoms with Gasteiger partial charge in [-0.2, -0.15) is 0 Å². The first-order chi connectivity index (χ1) is 14.5. The van der Waals surface area contributed by atoms with E-state index < -0.39 is 5.82 Å². The maximum absolute atomic E-state index is 14.0. The summed E-state index contributed by atoms with van der Waals surface area (Å²) in [6, 6.07) is 8.21. The maximum atomic E-state index is 14.0. The Kier molecular flexibility index (Phi) is 6.09. The van der Waals surface area contributed by atoms with Gasteiger partial charge in [-0.05, 0) is 48.4 Å². The molecule has 0 N–H and O–H groups in total. The number of hydrogen-bond donors (Lipinski definition) is 0. The second-order valence-electron chi connectivity index (χ2n) is 8.25. The first-order valence-electron chi connectivity index (χ1n) is 10.5. The van der Waals surface area contributed by atoms with E-state index in [1.54, 1.807) is 39.3 Å². The summed E-state index contributed by atoms with van der Waals surface area (Å²) in [6.07, 6.45) is 2.71. The summed E-state index contributed by atoms with van der Waals surface area (Å²) in [5.74, 6) is -0.419. The van der Waals surface area contributed by atoms with Crippen molar-refractivity contribution in [1.82, 2.24) is 9.80 Å². The minimum Gasteiger partial charge on any atom is -0.488 e. The molecule has 2 heterocycles. The summed E-state index contributed by atoms with van der Waals surface area (Å²) in [5.41, 5.74) is 1.06. The number of carbonyl (C=O) groups is 2. The van der Waals surface area contributed by atoms with E-state index in [4.69, 9.17) is 4.74 Å². The highest BCUT2D eigenvalue weighted by atomic mass is 32.1. The quantitative estimate of drug-likeness (QED) is 0.666. The maximum Gasteiger partial charge on any atom is 0.242 e. The highest BCUT2D eigenvalue weighted by molar-refractivity contribution is 7.10. The lowest BCUT2D eigenvalue weighted by Crippen LogP contribution is -2.49. The molecule has 0 radical (unpaired) electrons. The fourth-order valence-corrected chi connectivity index (χ4v) is 4.87. The number of hydrogen-bond acceptors (Lipinski definition) is 4. The van der Waals surface area contributed by atoms with E-state index >= 15 is 0 Å². The third-order valence-corrected chi connectivity index (χ3v) is 6.72. The van der Waals surface area contributed by atoms with Gasteiger partial charge in [0.25, 0.3) is 0 Å². The lowest BCUT2D eigenvalue weighted by atomic mass is 10.00. The van der Waals surface area contributed by atoms with Crippen LogP contribution < -0.4 is 4.74 Å². The average Bonchev–Trinajstić information content (AvgIpc) is 3.46. The van der Waals surface area contributed by atoms with E-state index in [2.05, 4.69) is 0 Å². The highest BCUT2D eigenvalue weighted by Gasteiger charge is 2.38. The fourth-order valence-electron chi connectivity index (χ4n) is 3.95.